The average Bonchev–Trinajstić information content (AvgIpc) is 3.45. The molecule has 0 unspecified atom stereocenters. The van der Waals surface area contributed by atoms with Gasteiger partial charge in [-0.2, -0.15) is 0 Å². The van der Waals surface area contributed by atoms with E-state index in [4.69, 9.17) is 7.48 Å². The average molecular weight is 413 g/mol. The van der Waals surface area contributed by atoms with Crippen LogP contribution in [0, 0.1) is 0 Å². The molecule has 0 radical (unpaired) electrons. The number of methoxy groups -OCH3 is 1. The topological polar surface area (TPSA) is 84.0 Å². The van der Waals surface area contributed by atoms with Gasteiger partial charge in [0, 0.05) is 47.6 Å². The largest absolute Gasteiger partial charge is 0.497 e. The zero-order valence-electron chi connectivity index (χ0n) is 18.7. The maximum atomic E-state index is 12.6. The molecule has 7 heteroatoms. The highest BCUT2D eigenvalue weighted by Gasteiger charge is 2.11. The molecule has 0 atom stereocenters. The highest BCUT2D eigenvalue weighted by atomic mass is 16.5. The first-order valence-corrected chi connectivity index (χ1v) is 9.72. The normalized spacial score (nSPS) is 12.4. The molecule has 7 nitrogen and oxygen atoms in total. The molecule has 0 spiro atoms. The fourth-order valence-electron chi connectivity index (χ4n) is 3.54. The number of hydrogen-bond donors (Lipinski definition) is 3. The fraction of sp³-hybridized carbons (Fsp3) is 0.0833. The number of nitrogens with one attached hydrogen (secondary N) is 3. The summed E-state index contributed by atoms with van der Waals surface area (Å²) in [4.78, 5) is 19.9. The number of hydrogen-bond acceptors (Lipinski definition) is 3. The Hall–Kier alpha value is -4.26. The number of aromatic amines is 1. The SMILES string of the molecule is [2H]C([2H])(c1c[nH]c2ncccc12)n1ccc2c(NC(=O)Nc3cccc(OC)c3)cccc21. The van der Waals surface area contributed by atoms with Crippen LogP contribution in [0.25, 0.3) is 21.9 Å². The van der Waals surface area contributed by atoms with E-state index < -0.39 is 12.5 Å². The van der Waals surface area contributed by atoms with Gasteiger partial charge < -0.3 is 24.9 Å². The number of aromatic nitrogens is 3. The number of benzene rings is 2. The summed E-state index contributed by atoms with van der Waals surface area (Å²) in [6, 6.07) is 17.5. The van der Waals surface area contributed by atoms with Crippen LogP contribution in [0.3, 0.4) is 0 Å². The van der Waals surface area contributed by atoms with Crippen molar-refractivity contribution in [2.45, 2.75) is 6.50 Å². The smallest absolute Gasteiger partial charge is 0.323 e. The van der Waals surface area contributed by atoms with Gasteiger partial charge in [-0.1, -0.05) is 12.1 Å². The van der Waals surface area contributed by atoms with Crippen LogP contribution in [0.15, 0.2) is 79.3 Å². The van der Waals surface area contributed by atoms with Crippen molar-refractivity contribution >= 4 is 39.3 Å². The summed E-state index contributed by atoms with van der Waals surface area (Å²) in [6.07, 6.45) is 5.00. The number of carbonyl (C=O) groups is 1. The Morgan fingerprint density at radius 2 is 2.03 bits per heavy atom. The Kier molecular flexibility index (Phi) is 4.20. The Morgan fingerprint density at radius 3 is 2.94 bits per heavy atom. The van der Waals surface area contributed by atoms with Gasteiger partial charge in [0.1, 0.15) is 11.4 Å². The van der Waals surface area contributed by atoms with Crippen molar-refractivity contribution in [2.75, 3.05) is 17.7 Å². The maximum absolute atomic E-state index is 12.6. The van der Waals surface area contributed by atoms with E-state index in [0.717, 1.165) is 10.8 Å². The summed E-state index contributed by atoms with van der Waals surface area (Å²) < 4.78 is 24.5. The van der Waals surface area contributed by atoms with Crippen molar-refractivity contribution in [3.63, 3.8) is 0 Å². The van der Waals surface area contributed by atoms with Gasteiger partial charge in [-0.05, 0) is 48.0 Å². The lowest BCUT2D eigenvalue weighted by Crippen LogP contribution is -2.19. The fourth-order valence-corrected chi connectivity index (χ4v) is 3.54. The summed E-state index contributed by atoms with van der Waals surface area (Å²) in [5, 5.41) is 7.09. The third-order valence-electron chi connectivity index (χ3n) is 5.00. The summed E-state index contributed by atoms with van der Waals surface area (Å²) in [7, 11) is 1.57. The molecule has 31 heavy (non-hydrogen) atoms. The van der Waals surface area contributed by atoms with Crippen LogP contribution >= 0.6 is 0 Å². The number of amides is 2. The number of anilines is 2. The second-order valence-corrected chi connectivity index (χ2v) is 6.95. The lowest BCUT2D eigenvalue weighted by Gasteiger charge is -2.10. The van der Waals surface area contributed by atoms with Gasteiger partial charge in [0.15, 0.2) is 0 Å². The molecule has 0 aliphatic heterocycles. The Bertz CT molecular complexity index is 1470. The van der Waals surface area contributed by atoms with E-state index in [9.17, 15) is 4.79 Å². The highest BCUT2D eigenvalue weighted by molar-refractivity contribution is 6.05. The van der Waals surface area contributed by atoms with Crippen LogP contribution in [0.5, 0.6) is 5.75 Å². The van der Waals surface area contributed by atoms with E-state index in [1.807, 2.05) is 12.1 Å². The molecular weight excluding hydrogens is 390 g/mol. The van der Waals surface area contributed by atoms with Crippen LogP contribution < -0.4 is 15.4 Å². The van der Waals surface area contributed by atoms with Gasteiger partial charge in [-0.25, -0.2) is 9.78 Å². The van der Waals surface area contributed by atoms with Gasteiger partial charge >= 0.3 is 6.03 Å². The first-order valence-electron chi connectivity index (χ1n) is 10.7. The highest BCUT2D eigenvalue weighted by Crippen LogP contribution is 2.27. The van der Waals surface area contributed by atoms with Crippen LogP contribution in [-0.2, 0) is 6.50 Å². The van der Waals surface area contributed by atoms with Crippen molar-refractivity contribution in [2.24, 2.45) is 0 Å². The summed E-state index contributed by atoms with van der Waals surface area (Å²) in [6.45, 7) is -1.84. The van der Waals surface area contributed by atoms with Gasteiger partial charge in [0.2, 0.25) is 0 Å². The first kappa shape index (κ1) is 16.5. The molecule has 2 aromatic carbocycles. The van der Waals surface area contributed by atoms with Crippen LogP contribution in [0.2, 0.25) is 0 Å². The predicted octanol–water partition coefficient (Wildman–Crippen LogP) is 5.22. The zero-order chi connectivity index (χ0) is 23.0. The molecule has 0 aliphatic rings. The van der Waals surface area contributed by atoms with E-state index in [1.54, 1.807) is 78.8 Å². The van der Waals surface area contributed by atoms with Crippen LogP contribution in [0.1, 0.15) is 8.30 Å². The third kappa shape index (κ3) is 3.69. The number of ether oxygens (including phenoxy) is 1. The maximum Gasteiger partial charge on any atom is 0.323 e. The van der Waals surface area contributed by atoms with E-state index in [2.05, 4.69) is 20.6 Å². The quantitative estimate of drug-likeness (QED) is 0.369. The molecule has 3 aromatic heterocycles. The standard InChI is InChI=1S/C24H21N5O2/c1-31-18-6-2-5-17(13-18)27-24(30)28-21-8-3-9-22-20(21)10-12-29(22)15-16-14-26-23-19(16)7-4-11-25-23/h2-14H,15H2,1H3,(H,25,26)(H2,27,28,30)/i15D2. The number of urea groups is 1. The molecule has 0 fully saturated rings. The lowest BCUT2D eigenvalue weighted by atomic mass is 10.2. The number of carbonyl (C=O) groups excluding carboxylic acids is 1. The first-order chi connectivity index (χ1) is 16.0. The van der Waals surface area contributed by atoms with Crippen LogP contribution in [0.4, 0.5) is 16.2 Å². The molecule has 3 heterocycles. The third-order valence-corrected chi connectivity index (χ3v) is 5.00. The Morgan fingerprint density at radius 1 is 1.13 bits per heavy atom. The van der Waals surface area contributed by atoms with E-state index in [0.29, 0.717) is 33.9 Å². The molecule has 0 aliphatic carbocycles. The number of H-pyrrole nitrogens is 1. The molecule has 3 N–H and O–H groups in total. The summed E-state index contributed by atoms with van der Waals surface area (Å²) in [5.74, 6) is 0.640. The Labute approximate surface area is 181 Å². The number of nitrogens with zero attached hydrogens (tertiary/aromatic N) is 2. The van der Waals surface area contributed by atoms with Crippen molar-refractivity contribution in [1.29, 1.82) is 0 Å². The molecule has 0 saturated carbocycles. The molecule has 0 bridgehead atoms. The minimum absolute atomic E-state index is 0.408. The van der Waals surface area contributed by atoms with Crippen molar-refractivity contribution < 1.29 is 12.3 Å². The van der Waals surface area contributed by atoms with E-state index >= 15 is 0 Å². The molecule has 5 aromatic rings. The molecule has 2 amide bonds. The van der Waals surface area contributed by atoms with Gasteiger partial charge in [-0.3, -0.25) is 0 Å². The van der Waals surface area contributed by atoms with Gasteiger partial charge in [0.25, 0.3) is 0 Å². The van der Waals surface area contributed by atoms with Gasteiger partial charge in [0.05, 0.1) is 21.1 Å². The van der Waals surface area contributed by atoms with E-state index in [-0.39, 0.29) is 0 Å². The van der Waals surface area contributed by atoms with E-state index in [1.165, 1.54) is 0 Å². The molecule has 154 valence electrons. The second-order valence-electron chi connectivity index (χ2n) is 6.95. The van der Waals surface area contributed by atoms with Crippen molar-refractivity contribution in [1.82, 2.24) is 14.5 Å². The minimum atomic E-state index is -1.84. The van der Waals surface area contributed by atoms with Crippen molar-refractivity contribution in [3.8, 4) is 5.75 Å². The molecule has 0 saturated heterocycles. The van der Waals surface area contributed by atoms with Gasteiger partial charge in [-0.15, -0.1) is 0 Å². The summed E-state index contributed by atoms with van der Waals surface area (Å²) >= 11 is 0. The Balaban J connectivity index is 1.46. The predicted molar refractivity (Wildman–Crippen MR) is 123 cm³/mol. The summed E-state index contributed by atoms with van der Waals surface area (Å²) in [5.41, 5.74) is 2.93. The number of fused-ring (bicyclic) bond motifs is 2. The number of pyridine rings is 1. The van der Waals surface area contributed by atoms with Crippen LogP contribution in [-0.4, -0.2) is 27.7 Å². The van der Waals surface area contributed by atoms with Crippen molar-refractivity contribution in [3.05, 3.63) is 84.8 Å². The minimum Gasteiger partial charge on any atom is -0.497 e. The zero-order valence-corrected chi connectivity index (χ0v) is 16.7. The monoisotopic (exact) mass is 413 g/mol. The lowest BCUT2D eigenvalue weighted by molar-refractivity contribution is 0.262. The molecule has 5 rings (SSSR count). The molecular formula is C24H21N5O2. The second kappa shape index (κ2) is 7.87. The number of rotatable bonds is 5.